The van der Waals surface area contributed by atoms with Crippen LogP contribution in [-0.4, -0.2) is 40.7 Å². The van der Waals surface area contributed by atoms with E-state index in [0.717, 1.165) is 31.5 Å². The first-order chi connectivity index (χ1) is 10.1. The Kier molecular flexibility index (Phi) is 3.53. The topological polar surface area (TPSA) is 40.6 Å². The van der Waals surface area contributed by atoms with E-state index in [2.05, 4.69) is 4.90 Å². The molecule has 0 saturated carbocycles. The van der Waals surface area contributed by atoms with Gasteiger partial charge in [-0.05, 0) is 32.3 Å². The summed E-state index contributed by atoms with van der Waals surface area (Å²) in [6.45, 7) is 5.48. The van der Waals surface area contributed by atoms with E-state index in [9.17, 15) is 9.59 Å². The molecule has 1 saturated heterocycles. The van der Waals surface area contributed by atoms with E-state index in [1.165, 1.54) is 4.90 Å². The summed E-state index contributed by atoms with van der Waals surface area (Å²) in [7, 11) is 0. The number of hydrogen-bond acceptors (Lipinski definition) is 3. The Labute approximate surface area is 125 Å². The maximum absolute atomic E-state index is 12.7. The molecule has 21 heavy (non-hydrogen) atoms. The van der Waals surface area contributed by atoms with E-state index in [1.54, 1.807) is 0 Å². The Morgan fingerprint density at radius 2 is 1.57 bits per heavy atom. The summed E-state index contributed by atoms with van der Waals surface area (Å²) < 4.78 is 0. The van der Waals surface area contributed by atoms with Crippen LogP contribution in [0.25, 0.3) is 5.57 Å². The molecule has 0 atom stereocenters. The van der Waals surface area contributed by atoms with Gasteiger partial charge in [0.1, 0.15) is 5.70 Å². The van der Waals surface area contributed by atoms with Gasteiger partial charge in [0.2, 0.25) is 0 Å². The number of rotatable bonds is 3. The standard InChI is InChI=1S/C17H20N2O2/c1-12(2)19-16(20)14(13-8-4-3-5-9-13)15(17(19)21)18-10-6-7-11-18/h3-5,8-9,12H,6-7,10-11H2,1-2H3. The lowest BCUT2D eigenvalue weighted by Crippen LogP contribution is -2.39. The van der Waals surface area contributed by atoms with E-state index < -0.39 is 0 Å². The Hall–Kier alpha value is -2.10. The van der Waals surface area contributed by atoms with Gasteiger partial charge in [0.25, 0.3) is 11.8 Å². The molecule has 4 heteroatoms. The van der Waals surface area contributed by atoms with Crippen molar-refractivity contribution < 1.29 is 9.59 Å². The third-order valence-electron chi connectivity index (χ3n) is 4.09. The lowest BCUT2D eigenvalue weighted by atomic mass is 10.0. The molecule has 0 aliphatic carbocycles. The minimum Gasteiger partial charge on any atom is -0.366 e. The van der Waals surface area contributed by atoms with Crippen molar-refractivity contribution in [1.29, 1.82) is 0 Å². The quantitative estimate of drug-likeness (QED) is 0.800. The van der Waals surface area contributed by atoms with Gasteiger partial charge in [-0.25, -0.2) is 0 Å². The number of hydrogen-bond donors (Lipinski definition) is 0. The summed E-state index contributed by atoms with van der Waals surface area (Å²) >= 11 is 0. The van der Waals surface area contributed by atoms with Gasteiger partial charge in [-0.15, -0.1) is 0 Å². The predicted octanol–water partition coefficient (Wildman–Crippen LogP) is 2.27. The first-order valence-corrected chi connectivity index (χ1v) is 7.54. The Morgan fingerprint density at radius 3 is 2.14 bits per heavy atom. The van der Waals surface area contributed by atoms with E-state index in [0.29, 0.717) is 11.3 Å². The molecule has 1 aromatic carbocycles. The fourth-order valence-electron chi connectivity index (χ4n) is 3.10. The molecule has 2 aliphatic heterocycles. The van der Waals surface area contributed by atoms with Crippen LogP contribution in [0, 0.1) is 0 Å². The van der Waals surface area contributed by atoms with Crippen LogP contribution in [0.2, 0.25) is 0 Å². The highest BCUT2D eigenvalue weighted by Crippen LogP contribution is 2.34. The molecule has 110 valence electrons. The lowest BCUT2D eigenvalue weighted by molar-refractivity contribution is -0.139. The summed E-state index contributed by atoms with van der Waals surface area (Å²) in [5, 5.41) is 0. The van der Waals surface area contributed by atoms with Crippen molar-refractivity contribution in [3.63, 3.8) is 0 Å². The van der Waals surface area contributed by atoms with Crippen LogP contribution in [0.3, 0.4) is 0 Å². The second kappa shape index (κ2) is 5.35. The number of amides is 2. The zero-order chi connectivity index (χ0) is 15.0. The van der Waals surface area contributed by atoms with Crippen molar-refractivity contribution in [2.75, 3.05) is 13.1 Å². The molecule has 1 fully saturated rings. The lowest BCUT2D eigenvalue weighted by Gasteiger charge is -2.22. The van der Waals surface area contributed by atoms with Gasteiger partial charge in [-0.3, -0.25) is 14.5 Å². The summed E-state index contributed by atoms with van der Waals surface area (Å²) in [5.41, 5.74) is 1.99. The predicted molar refractivity (Wildman–Crippen MR) is 81.2 cm³/mol. The van der Waals surface area contributed by atoms with E-state index in [4.69, 9.17) is 0 Å². The number of carbonyl (C=O) groups is 2. The molecule has 2 amide bonds. The third-order valence-corrected chi connectivity index (χ3v) is 4.09. The zero-order valence-electron chi connectivity index (χ0n) is 12.5. The number of imide groups is 1. The summed E-state index contributed by atoms with van der Waals surface area (Å²) in [4.78, 5) is 28.9. The molecule has 2 aliphatic rings. The van der Waals surface area contributed by atoms with Crippen LogP contribution in [0.15, 0.2) is 36.0 Å². The van der Waals surface area contributed by atoms with Gasteiger partial charge in [-0.1, -0.05) is 30.3 Å². The largest absolute Gasteiger partial charge is 0.366 e. The Morgan fingerprint density at radius 1 is 0.952 bits per heavy atom. The molecule has 1 aromatic rings. The highest BCUT2D eigenvalue weighted by atomic mass is 16.2. The van der Waals surface area contributed by atoms with Gasteiger partial charge in [0.05, 0.1) is 5.57 Å². The number of benzene rings is 1. The molecular formula is C17H20N2O2. The fourth-order valence-corrected chi connectivity index (χ4v) is 3.10. The normalized spacial score (nSPS) is 19.4. The van der Waals surface area contributed by atoms with Crippen molar-refractivity contribution >= 4 is 17.4 Å². The second-order valence-corrected chi connectivity index (χ2v) is 5.86. The van der Waals surface area contributed by atoms with Gasteiger partial charge in [0.15, 0.2) is 0 Å². The van der Waals surface area contributed by atoms with Crippen LogP contribution in [0.5, 0.6) is 0 Å². The maximum Gasteiger partial charge on any atom is 0.278 e. The molecular weight excluding hydrogens is 264 g/mol. The molecule has 4 nitrogen and oxygen atoms in total. The molecule has 2 heterocycles. The average Bonchev–Trinajstić information content (AvgIpc) is 3.05. The van der Waals surface area contributed by atoms with Crippen molar-refractivity contribution in [2.45, 2.75) is 32.7 Å². The van der Waals surface area contributed by atoms with E-state index in [-0.39, 0.29) is 17.9 Å². The van der Waals surface area contributed by atoms with Crippen molar-refractivity contribution in [2.24, 2.45) is 0 Å². The van der Waals surface area contributed by atoms with Crippen LogP contribution in [-0.2, 0) is 9.59 Å². The molecule has 3 rings (SSSR count). The third kappa shape index (κ3) is 2.24. The van der Waals surface area contributed by atoms with Gasteiger partial charge in [0, 0.05) is 19.1 Å². The SMILES string of the molecule is CC(C)N1C(=O)C(c2ccccc2)=C(N2CCCC2)C1=O. The van der Waals surface area contributed by atoms with E-state index >= 15 is 0 Å². The molecule has 0 bridgehead atoms. The Bertz CT molecular complexity index is 598. The minimum atomic E-state index is -0.164. The van der Waals surface area contributed by atoms with Crippen LogP contribution in [0.4, 0.5) is 0 Å². The van der Waals surface area contributed by atoms with Crippen LogP contribution in [0.1, 0.15) is 32.3 Å². The van der Waals surface area contributed by atoms with Crippen molar-refractivity contribution in [1.82, 2.24) is 9.80 Å². The summed E-state index contributed by atoms with van der Waals surface area (Å²) in [6.07, 6.45) is 2.16. The highest BCUT2D eigenvalue weighted by molar-refractivity contribution is 6.35. The molecule has 0 radical (unpaired) electrons. The molecule has 0 spiro atoms. The maximum atomic E-state index is 12.7. The summed E-state index contributed by atoms with van der Waals surface area (Å²) in [5.74, 6) is -0.307. The Balaban J connectivity index is 2.12. The van der Waals surface area contributed by atoms with Gasteiger partial charge in [-0.2, -0.15) is 0 Å². The second-order valence-electron chi connectivity index (χ2n) is 5.86. The van der Waals surface area contributed by atoms with Gasteiger partial charge < -0.3 is 4.90 Å². The van der Waals surface area contributed by atoms with Crippen molar-refractivity contribution in [3.8, 4) is 0 Å². The van der Waals surface area contributed by atoms with Crippen LogP contribution < -0.4 is 0 Å². The smallest absolute Gasteiger partial charge is 0.278 e. The zero-order valence-corrected chi connectivity index (χ0v) is 12.5. The number of carbonyl (C=O) groups excluding carboxylic acids is 2. The molecule has 0 aromatic heterocycles. The first-order valence-electron chi connectivity index (χ1n) is 7.54. The minimum absolute atomic E-state index is 0.121. The molecule has 0 unspecified atom stereocenters. The molecule has 0 N–H and O–H groups in total. The van der Waals surface area contributed by atoms with Gasteiger partial charge >= 0.3 is 0 Å². The number of likely N-dealkylation sites (tertiary alicyclic amines) is 1. The highest BCUT2D eigenvalue weighted by Gasteiger charge is 2.42. The monoisotopic (exact) mass is 284 g/mol. The number of nitrogens with zero attached hydrogens (tertiary/aromatic N) is 2. The average molecular weight is 284 g/mol. The van der Waals surface area contributed by atoms with Crippen molar-refractivity contribution in [3.05, 3.63) is 41.6 Å². The first kappa shape index (κ1) is 13.9. The summed E-state index contributed by atoms with van der Waals surface area (Å²) in [6, 6.07) is 9.41. The van der Waals surface area contributed by atoms with Crippen LogP contribution >= 0.6 is 0 Å². The fraction of sp³-hybridized carbons (Fsp3) is 0.412. The van der Waals surface area contributed by atoms with E-state index in [1.807, 2.05) is 44.2 Å².